The summed E-state index contributed by atoms with van der Waals surface area (Å²) in [6.07, 6.45) is 1.62. The van der Waals surface area contributed by atoms with Crippen molar-refractivity contribution in [3.63, 3.8) is 0 Å². The van der Waals surface area contributed by atoms with Gasteiger partial charge in [0.25, 0.3) is 11.2 Å². The van der Waals surface area contributed by atoms with Crippen molar-refractivity contribution in [1.82, 2.24) is 4.57 Å². The van der Waals surface area contributed by atoms with Crippen LogP contribution in [0, 0.1) is 17.0 Å². The first-order chi connectivity index (χ1) is 12.8. The fraction of sp³-hybridized carbons (Fsp3) is 0.278. The third kappa shape index (κ3) is 4.38. The van der Waals surface area contributed by atoms with E-state index in [1.165, 1.54) is 0 Å². The lowest BCUT2D eigenvalue weighted by Gasteiger charge is -2.14. The summed E-state index contributed by atoms with van der Waals surface area (Å²) in [6, 6.07) is 6.41. The van der Waals surface area contributed by atoms with Gasteiger partial charge in [-0.05, 0) is 24.5 Å². The summed E-state index contributed by atoms with van der Waals surface area (Å²) in [7, 11) is 1.06. The Kier molecular flexibility index (Phi) is 6.07. The van der Waals surface area contributed by atoms with Gasteiger partial charge >= 0.3 is 5.97 Å². The Labute approximate surface area is 154 Å². The Morgan fingerprint density at radius 2 is 2.04 bits per heavy atom. The Morgan fingerprint density at radius 1 is 1.33 bits per heavy atom. The molecule has 0 bridgehead atoms. The summed E-state index contributed by atoms with van der Waals surface area (Å²) in [6.45, 7) is 3.30. The molecule has 0 fully saturated rings. The van der Waals surface area contributed by atoms with E-state index in [0.29, 0.717) is 12.1 Å². The molecule has 1 heterocycles. The largest absolute Gasteiger partial charge is 0.465 e. The van der Waals surface area contributed by atoms with Crippen molar-refractivity contribution >= 4 is 23.3 Å². The fourth-order valence-corrected chi connectivity index (χ4v) is 2.63. The molecule has 1 aromatic carbocycles. The lowest BCUT2D eigenvalue weighted by Crippen LogP contribution is -2.31. The van der Waals surface area contributed by atoms with Gasteiger partial charge in [0.1, 0.15) is 12.1 Å². The number of hydrogen-bond donors (Lipinski definition) is 1. The molecule has 0 saturated heterocycles. The van der Waals surface area contributed by atoms with Gasteiger partial charge in [-0.15, -0.1) is 0 Å². The lowest BCUT2D eigenvalue weighted by molar-refractivity contribution is -0.385. The highest BCUT2D eigenvalue weighted by Crippen LogP contribution is 2.21. The maximum Gasteiger partial charge on any atom is 0.343 e. The number of hydrogen-bond acceptors (Lipinski definition) is 6. The van der Waals surface area contributed by atoms with E-state index in [4.69, 9.17) is 0 Å². The molecule has 0 aliphatic carbocycles. The van der Waals surface area contributed by atoms with Crippen molar-refractivity contribution in [2.75, 3.05) is 12.4 Å². The number of ether oxygens (including phenoxy) is 1. The summed E-state index contributed by atoms with van der Waals surface area (Å²) in [4.78, 5) is 46.8. The van der Waals surface area contributed by atoms with Crippen LogP contribution in [0.25, 0.3) is 0 Å². The van der Waals surface area contributed by atoms with Crippen LogP contribution in [-0.2, 0) is 22.5 Å². The van der Waals surface area contributed by atoms with Gasteiger partial charge in [0.05, 0.1) is 18.2 Å². The molecule has 0 aliphatic heterocycles. The van der Waals surface area contributed by atoms with Crippen LogP contribution in [0.2, 0.25) is 0 Å². The zero-order chi connectivity index (χ0) is 20.1. The third-order valence-electron chi connectivity index (χ3n) is 4.01. The van der Waals surface area contributed by atoms with E-state index in [0.717, 1.165) is 35.1 Å². The quantitative estimate of drug-likeness (QED) is 0.470. The van der Waals surface area contributed by atoms with Crippen molar-refractivity contribution in [3.8, 4) is 0 Å². The zero-order valence-electron chi connectivity index (χ0n) is 15.1. The number of nitrogens with one attached hydrogen (secondary N) is 1. The zero-order valence-corrected chi connectivity index (χ0v) is 15.1. The second-order valence-electron chi connectivity index (χ2n) is 5.80. The summed E-state index contributed by atoms with van der Waals surface area (Å²) in [5.74, 6) is -1.55. The van der Waals surface area contributed by atoms with Crippen molar-refractivity contribution in [2.24, 2.45) is 0 Å². The molecule has 2 aromatic rings. The van der Waals surface area contributed by atoms with Gasteiger partial charge < -0.3 is 10.1 Å². The minimum absolute atomic E-state index is 0.484. The van der Waals surface area contributed by atoms with Crippen LogP contribution in [0.1, 0.15) is 28.4 Å². The number of rotatable bonds is 6. The molecule has 0 saturated carbocycles. The van der Waals surface area contributed by atoms with Gasteiger partial charge in [0, 0.05) is 11.8 Å². The number of nitrogens with zero attached hydrogens (tertiary/aromatic N) is 2. The smallest absolute Gasteiger partial charge is 0.343 e. The normalized spacial score (nSPS) is 10.3. The average molecular weight is 373 g/mol. The molecule has 0 aliphatic rings. The summed E-state index contributed by atoms with van der Waals surface area (Å²) >= 11 is 0. The van der Waals surface area contributed by atoms with Crippen LogP contribution in [0.3, 0.4) is 0 Å². The summed E-state index contributed by atoms with van der Waals surface area (Å²) in [5.41, 5.74) is 0.562. The second kappa shape index (κ2) is 8.26. The molecule has 1 amide bonds. The molecule has 0 unspecified atom stereocenters. The first-order valence-electron chi connectivity index (χ1n) is 8.14. The van der Waals surface area contributed by atoms with Gasteiger partial charge in [0.2, 0.25) is 5.91 Å². The first-order valence-corrected chi connectivity index (χ1v) is 8.14. The second-order valence-corrected chi connectivity index (χ2v) is 5.80. The number of carbonyl (C=O) groups excluding carboxylic acids is 2. The Bertz CT molecular complexity index is 964. The predicted octanol–water partition coefficient (Wildman–Crippen LogP) is 2.05. The molecule has 1 aromatic heterocycles. The number of benzene rings is 1. The maximum atomic E-state index is 12.4. The van der Waals surface area contributed by atoms with E-state index in [9.17, 15) is 24.5 Å². The molecule has 9 nitrogen and oxygen atoms in total. The molecule has 2 rings (SSSR count). The topological polar surface area (TPSA) is 121 Å². The highest BCUT2D eigenvalue weighted by Gasteiger charge is 2.21. The van der Waals surface area contributed by atoms with Crippen molar-refractivity contribution in [2.45, 2.75) is 26.8 Å². The maximum absolute atomic E-state index is 12.4. The number of nitro groups is 1. The van der Waals surface area contributed by atoms with E-state index in [1.54, 1.807) is 0 Å². The van der Waals surface area contributed by atoms with Gasteiger partial charge in [-0.2, -0.15) is 0 Å². The number of para-hydroxylation sites is 1. The molecule has 0 radical (unpaired) electrons. The number of carbonyl (C=O) groups is 2. The fourth-order valence-electron chi connectivity index (χ4n) is 2.63. The lowest BCUT2D eigenvalue weighted by atomic mass is 10.1. The standard InChI is InChI=1S/C18H19N3O6/c1-4-12-7-5-6-11(2)16(12)19-15(22)10-20-9-13(21(25)26)8-14(17(20)23)18(24)27-3/h5-9H,4,10H2,1-3H3,(H,19,22). The number of esters is 1. The Balaban J connectivity index is 2.38. The van der Waals surface area contributed by atoms with Crippen molar-refractivity contribution < 1.29 is 19.2 Å². The molecule has 0 atom stereocenters. The van der Waals surface area contributed by atoms with Crippen LogP contribution in [0.5, 0.6) is 0 Å². The van der Waals surface area contributed by atoms with Crippen LogP contribution in [0.4, 0.5) is 11.4 Å². The number of aryl methyl sites for hydroxylation is 2. The number of aromatic nitrogens is 1. The average Bonchev–Trinajstić information content (AvgIpc) is 2.64. The van der Waals surface area contributed by atoms with Crippen LogP contribution >= 0.6 is 0 Å². The van der Waals surface area contributed by atoms with Gasteiger partial charge in [0.15, 0.2) is 0 Å². The van der Waals surface area contributed by atoms with Crippen LogP contribution in [0.15, 0.2) is 35.3 Å². The van der Waals surface area contributed by atoms with E-state index in [2.05, 4.69) is 10.1 Å². The van der Waals surface area contributed by atoms with Gasteiger partial charge in [-0.3, -0.25) is 24.3 Å². The van der Waals surface area contributed by atoms with Gasteiger partial charge in [-0.1, -0.05) is 25.1 Å². The van der Waals surface area contributed by atoms with E-state index < -0.39 is 40.2 Å². The number of methoxy groups -OCH3 is 1. The third-order valence-corrected chi connectivity index (χ3v) is 4.01. The Morgan fingerprint density at radius 3 is 2.63 bits per heavy atom. The number of pyridine rings is 1. The van der Waals surface area contributed by atoms with E-state index in [-0.39, 0.29) is 0 Å². The molecule has 9 heteroatoms. The molecular formula is C18H19N3O6. The summed E-state index contributed by atoms with van der Waals surface area (Å²) < 4.78 is 5.30. The molecule has 27 heavy (non-hydrogen) atoms. The van der Waals surface area contributed by atoms with Crippen molar-refractivity contribution in [1.29, 1.82) is 0 Å². The van der Waals surface area contributed by atoms with Gasteiger partial charge in [-0.25, -0.2) is 4.79 Å². The minimum atomic E-state index is -1.01. The summed E-state index contributed by atoms with van der Waals surface area (Å²) in [5, 5.41) is 13.8. The van der Waals surface area contributed by atoms with Crippen LogP contribution in [-0.4, -0.2) is 28.5 Å². The predicted molar refractivity (Wildman–Crippen MR) is 97.9 cm³/mol. The SMILES string of the molecule is CCc1cccc(C)c1NC(=O)Cn1cc([N+](=O)[O-])cc(C(=O)OC)c1=O. The monoisotopic (exact) mass is 373 g/mol. The number of amides is 1. The first kappa shape index (κ1) is 19.8. The van der Waals surface area contributed by atoms with Crippen LogP contribution < -0.4 is 10.9 Å². The minimum Gasteiger partial charge on any atom is -0.465 e. The highest BCUT2D eigenvalue weighted by atomic mass is 16.6. The molecule has 142 valence electrons. The Hall–Kier alpha value is -3.49. The molecule has 1 N–H and O–H groups in total. The highest BCUT2D eigenvalue weighted by molar-refractivity contribution is 5.93. The molecular weight excluding hydrogens is 354 g/mol. The molecule has 0 spiro atoms. The number of anilines is 1. The van der Waals surface area contributed by atoms with E-state index in [1.807, 2.05) is 32.0 Å². The van der Waals surface area contributed by atoms with Crippen molar-refractivity contribution in [3.05, 3.63) is 67.6 Å². The van der Waals surface area contributed by atoms with E-state index >= 15 is 0 Å².